The summed E-state index contributed by atoms with van der Waals surface area (Å²) in [6, 6.07) is -0.685. The standard InChI is InChI=1S/C3H8BOP/c1-2(6)3(4)5/h2-3,5H,6H2,1H3. The average molecular weight is 102 g/mol. The van der Waals surface area contributed by atoms with Gasteiger partial charge in [0, 0.05) is 6.00 Å². The molecule has 0 aromatic carbocycles. The lowest BCUT2D eigenvalue weighted by molar-refractivity contribution is 0.256. The van der Waals surface area contributed by atoms with Crippen molar-refractivity contribution in [3.63, 3.8) is 0 Å². The van der Waals surface area contributed by atoms with Crippen LogP contribution in [0.1, 0.15) is 6.92 Å². The van der Waals surface area contributed by atoms with Crippen molar-refractivity contribution in [1.82, 2.24) is 0 Å². The third kappa shape index (κ3) is 2.68. The van der Waals surface area contributed by atoms with E-state index in [1.54, 1.807) is 0 Å². The van der Waals surface area contributed by atoms with Gasteiger partial charge in [-0.2, -0.15) is 0 Å². The first-order valence-corrected chi connectivity index (χ1v) is 2.50. The van der Waals surface area contributed by atoms with Crippen LogP contribution in [0.5, 0.6) is 0 Å². The Hall–Kier alpha value is 0.455. The number of rotatable bonds is 1. The van der Waals surface area contributed by atoms with Crippen molar-refractivity contribution in [3.05, 3.63) is 0 Å². The van der Waals surface area contributed by atoms with Gasteiger partial charge in [0.2, 0.25) is 0 Å². The molecule has 0 heterocycles. The van der Waals surface area contributed by atoms with Gasteiger partial charge in [0.1, 0.15) is 7.85 Å². The molecule has 0 aliphatic heterocycles. The van der Waals surface area contributed by atoms with Crippen LogP contribution in [0.15, 0.2) is 0 Å². The van der Waals surface area contributed by atoms with Crippen molar-refractivity contribution in [2.75, 3.05) is 0 Å². The minimum atomic E-state index is -0.685. The Labute approximate surface area is 41.7 Å². The van der Waals surface area contributed by atoms with Gasteiger partial charge in [-0.05, 0) is 5.66 Å². The Balaban J connectivity index is 2.99. The summed E-state index contributed by atoms with van der Waals surface area (Å²) >= 11 is 0. The summed E-state index contributed by atoms with van der Waals surface area (Å²) in [5.41, 5.74) is 0.102. The lowest BCUT2D eigenvalue weighted by Crippen LogP contribution is -2.15. The maximum absolute atomic E-state index is 8.39. The number of aliphatic hydroxyl groups excluding tert-OH is 1. The van der Waals surface area contributed by atoms with Crippen LogP contribution in [0.4, 0.5) is 0 Å². The SMILES string of the molecule is [B]C(O)C(C)P. The lowest BCUT2D eigenvalue weighted by Gasteiger charge is -2.04. The summed E-state index contributed by atoms with van der Waals surface area (Å²) in [6.07, 6.45) is 0. The van der Waals surface area contributed by atoms with Gasteiger partial charge in [-0.3, -0.25) is 0 Å². The summed E-state index contributed by atoms with van der Waals surface area (Å²) in [5.74, 6) is 0. The van der Waals surface area contributed by atoms with E-state index in [4.69, 9.17) is 13.0 Å². The van der Waals surface area contributed by atoms with Crippen LogP contribution < -0.4 is 0 Å². The smallest absolute Gasteiger partial charge is 0.109 e. The van der Waals surface area contributed by atoms with Gasteiger partial charge in [-0.1, -0.05) is 6.92 Å². The maximum Gasteiger partial charge on any atom is 0.109 e. The first-order valence-electron chi connectivity index (χ1n) is 1.84. The quantitative estimate of drug-likeness (QED) is 0.357. The van der Waals surface area contributed by atoms with E-state index in [0.29, 0.717) is 0 Å². The Bertz CT molecular complexity index is 31.8. The second kappa shape index (κ2) is 2.60. The van der Waals surface area contributed by atoms with Gasteiger partial charge in [0.05, 0.1) is 0 Å². The first-order chi connectivity index (χ1) is 2.64. The molecule has 34 valence electrons. The Morgan fingerprint density at radius 2 is 2.00 bits per heavy atom. The zero-order valence-electron chi connectivity index (χ0n) is 3.76. The molecule has 0 fully saturated rings. The van der Waals surface area contributed by atoms with Gasteiger partial charge in [0.25, 0.3) is 0 Å². The predicted molar refractivity (Wildman–Crippen MR) is 30.9 cm³/mol. The second-order valence-corrected chi connectivity index (χ2v) is 2.40. The highest BCUT2D eigenvalue weighted by atomic mass is 31.0. The minimum absolute atomic E-state index is 0.102. The van der Waals surface area contributed by atoms with Crippen molar-refractivity contribution in [3.8, 4) is 0 Å². The highest BCUT2D eigenvalue weighted by Crippen LogP contribution is 1.99. The minimum Gasteiger partial charge on any atom is -0.402 e. The first kappa shape index (κ1) is 6.45. The van der Waals surface area contributed by atoms with Crippen molar-refractivity contribution < 1.29 is 5.11 Å². The van der Waals surface area contributed by atoms with E-state index in [-0.39, 0.29) is 5.66 Å². The molecule has 3 unspecified atom stereocenters. The number of aliphatic hydroxyl groups is 1. The Morgan fingerprint density at radius 3 is 2.00 bits per heavy atom. The molecule has 0 rings (SSSR count). The molecule has 6 heavy (non-hydrogen) atoms. The van der Waals surface area contributed by atoms with Gasteiger partial charge < -0.3 is 5.11 Å². The van der Waals surface area contributed by atoms with Crippen LogP contribution in [-0.2, 0) is 0 Å². The monoisotopic (exact) mass is 102 g/mol. The molecule has 1 nitrogen and oxygen atoms in total. The molecule has 0 spiro atoms. The molecule has 0 aromatic rings. The fourth-order valence-corrected chi connectivity index (χ4v) is 0. The molecule has 3 heteroatoms. The van der Waals surface area contributed by atoms with Gasteiger partial charge in [-0.25, -0.2) is 0 Å². The molecular weight excluding hydrogens is 93.8 g/mol. The van der Waals surface area contributed by atoms with Crippen molar-refractivity contribution in [2.45, 2.75) is 18.6 Å². The van der Waals surface area contributed by atoms with Crippen LogP contribution in [0.3, 0.4) is 0 Å². The lowest BCUT2D eigenvalue weighted by atomic mass is 9.98. The largest absolute Gasteiger partial charge is 0.402 e. The maximum atomic E-state index is 8.39. The number of hydrogen-bond donors (Lipinski definition) is 1. The summed E-state index contributed by atoms with van der Waals surface area (Å²) in [7, 11) is 7.37. The fraction of sp³-hybridized carbons (Fsp3) is 1.00. The fourth-order valence-electron chi connectivity index (χ4n) is 0. The highest BCUT2D eigenvalue weighted by molar-refractivity contribution is 7.17. The molecule has 1 N–H and O–H groups in total. The Morgan fingerprint density at radius 1 is 1.83 bits per heavy atom. The molecule has 0 aliphatic carbocycles. The van der Waals surface area contributed by atoms with E-state index in [2.05, 4.69) is 9.24 Å². The van der Waals surface area contributed by atoms with E-state index < -0.39 is 6.00 Å². The van der Waals surface area contributed by atoms with Crippen molar-refractivity contribution in [2.24, 2.45) is 0 Å². The molecule has 0 saturated carbocycles. The van der Waals surface area contributed by atoms with Crippen LogP contribution in [0, 0.1) is 0 Å². The van der Waals surface area contributed by atoms with Crippen LogP contribution in [0.2, 0.25) is 0 Å². The third-order valence-corrected chi connectivity index (χ3v) is 0.933. The molecule has 0 aromatic heterocycles. The number of hydrogen-bond acceptors (Lipinski definition) is 1. The van der Waals surface area contributed by atoms with Gasteiger partial charge in [-0.15, -0.1) is 9.24 Å². The van der Waals surface area contributed by atoms with Crippen LogP contribution in [-0.4, -0.2) is 24.6 Å². The van der Waals surface area contributed by atoms with Crippen LogP contribution >= 0.6 is 9.24 Å². The highest BCUT2D eigenvalue weighted by Gasteiger charge is 1.97. The summed E-state index contributed by atoms with van der Waals surface area (Å²) in [4.78, 5) is 0. The van der Waals surface area contributed by atoms with E-state index in [1.165, 1.54) is 0 Å². The third-order valence-electron chi connectivity index (χ3n) is 0.539. The van der Waals surface area contributed by atoms with Crippen molar-refractivity contribution >= 4 is 17.1 Å². The zero-order chi connectivity index (χ0) is 5.15. The molecule has 0 aliphatic rings. The normalized spacial score (nSPS) is 19.8. The van der Waals surface area contributed by atoms with Gasteiger partial charge in [0.15, 0.2) is 0 Å². The molecule has 2 radical (unpaired) electrons. The molecule has 3 atom stereocenters. The second-order valence-electron chi connectivity index (χ2n) is 1.35. The molecule has 0 saturated heterocycles. The predicted octanol–water partition coefficient (Wildman–Crippen LogP) is -0.263. The molecule has 0 amide bonds. The summed E-state index contributed by atoms with van der Waals surface area (Å²) < 4.78 is 0. The Kier molecular flexibility index (Phi) is 2.80. The van der Waals surface area contributed by atoms with Crippen LogP contribution in [0.25, 0.3) is 0 Å². The topological polar surface area (TPSA) is 20.2 Å². The zero-order valence-corrected chi connectivity index (χ0v) is 4.91. The molecule has 0 bridgehead atoms. The summed E-state index contributed by atoms with van der Waals surface area (Å²) in [6.45, 7) is 1.83. The van der Waals surface area contributed by atoms with E-state index in [0.717, 1.165) is 0 Å². The van der Waals surface area contributed by atoms with Gasteiger partial charge >= 0.3 is 0 Å². The van der Waals surface area contributed by atoms with E-state index >= 15 is 0 Å². The van der Waals surface area contributed by atoms with E-state index in [9.17, 15) is 0 Å². The van der Waals surface area contributed by atoms with Crippen molar-refractivity contribution in [1.29, 1.82) is 0 Å². The van der Waals surface area contributed by atoms with E-state index in [1.807, 2.05) is 6.92 Å². The average Bonchev–Trinajstić information content (AvgIpc) is 1.36. The summed E-state index contributed by atoms with van der Waals surface area (Å²) in [5, 5.41) is 8.39. The molecular formula is C3H8BOP.